The van der Waals surface area contributed by atoms with Crippen molar-refractivity contribution in [1.82, 2.24) is 15.1 Å². The van der Waals surface area contributed by atoms with Crippen LogP contribution in [-0.2, 0) is 4.79 Å². The van der Waals surface area contributed by atoms with Crippen LogP contribution in [-0.4, -0.2) is 61.5 Å². The van der Waals surface area contributed by atoms with Crippen LogP contribution in [0, 0.1) is 17.8 Å². The second-order valence-electron chi connectivity index (χ2n) is 8.81. The van der Waals surface area contributed by atoms with Crippen molar-refractivity contribution in [1.29, 1.82) is 0 Å². The first-order chi connectivity index (χ1) is 12.2. The van der Waals surface area contributed by atoms with E-state index in [0.717, 1.165) is 57.4 Å². The molecule has 0 aromatic rings. The van der Waals surface area contributed by atoms with E-state index in [9.17, 15) is 4.79 Å². The molecule has 3 aliphatic rings. The van der Waals surface area contributed by atoms with Crippen LogP contribution in [0.15, 0.2) is 0 Å². The minimum absolute atomic E-state index is 0.408. The molecule has 1 saturated carbocycles. The molecule has 4 heteroatoms. The van der Waals surface area contributed by atoms with Gasteiger partial charge >= 0.3 is 0 Å². The van der Waals surface area contributed by atoms with Gasteiger partial charge in [-0.15, -0.1) is 0 Å². The molecule has 1 amide bonds. The molecule has 2 saturated heterocycles. The van der Waals surface area contributed by atoms with Crippen LogP contribution < -0.4 is 5.32 Å². The van der Waals surface area contributed by atoms with E-state index < -0.39 is 0 Å². The van der Waals surface area contributed by atoms with Crippen molar-refractivity contribution in [3.8, 4) is 0 Å². The zero-order chi connectivity index (χ0) is 17.5. The first kappa shape index (κ1) is 19.2. The fourth-order valence-corrected chi connectivity index (χ4v) is 5.12. The topological polar surface area (TPSA) is 35.6 Å². The number of carbonyl (C=O) groups excluding carboxylic acids is 1. The van der Waals surface area contributed by atoms with Crippen LogP contribution in [0.2, 0.25) is 0 Å². The van der Waals surface area contributed by atoms with E-state index in [4.69, 9.17) is 0 Å². The molecule has 1 aliphatic carbocycles. The van der Waals surface area contributed by atoms with E-state index in [0.29, 0.717) is 11.8 Å². The van der Waals surface area contributed by atoms with Gasteiger partial charge < -0.3 is 15.1 Å². The average Bonchev–Trinajstić information content (AvgIpc) is 2.89. The summed E-state index contributed by atoms with van der Waals surface area (Å²) in [4.78, 5) is 17.6. The Kier molecular flexibility index (Phi) is 7.60. The summed E-state index contributed by atoms with van der Waals surface area (Å²) in [6.07, 6.45) is 11.5. The highest BCUT2D eigenvalue weighted by Crippen LogP contribution is 2.26. The molecule has 144 valence electrons. The maximum atomic E-state index is 12.8. The lowest BCUT2D eigenvalue weighted by Gasteiger charge is -2.30. The molecule has 3 rings (SSSR count). The second-order valence-corrected chi connectivity index (χ2v) is 8.81. The number of carbonyl (C=O) groups is 1. The molecular weight excluding hydrogens is 310 g/mol. The number of piperidine rings is 1. The minimum atomic E-state index is 0.408. The van der Waals surface area contributed by atoms with E-state index in [2.05, 4.69) is 22.0 Å². The van der Waals surface area contributed by atoms with E-state index in [-0.39, 0.29) is 0 Å². The summed E-state index contributed by atoms with van der Waals surface area (Å²) in [6, 6.07) is 0. The zero-order valence-corrected chi connectivity index (χ0v) is 16.3. The fraction of sp³-hybridized carbons (Fsp3) is 0.952. The van der Waals surface area contributed by atoms with Gasteiger partial charge in [-0.1, -0.05) is 26.2 Å². The number of nitrogens with zero attached hydrogens (tertiary/aromatic N) is 2. The molecule has 0 aromatic carbocycles. The molecule has 0 spiro atoms. The maximum Gasteiger partial charge on any atom is 0.222 e. The highest BCUT2D eigenvalue weighted by atomic mass is 16.2. The smallest absolute Gasteiger partial charge is 0.222 e. The Morgan fingerprint density at radius 1 is 0.960 bits per heavy atom. The minimum Gasteiger partial charge on any atom is -0.341 e. The Bertz CT molecular complexity index is 402. The molecule has 3 fully saturated rings. The van der Waals surface area contributed by atoms with Crippen LogP contribution in [0.1, 0.15) is 64.7 Å². The van der Waals surface area contributed by atoms with Crippen molar-refractivity contribution in [2.24, 2.45) is 17.8 Å². The summed E-state index contributed by atoms with van der Waals surface area (Å²) in [5.41, 5.74) is 0. The quantitative estimate of drug-likeness (QED) is 0.828. The fourth-order valence-electron chi connectivity index (χ4n) is 5.12. The maximum absolute atomic E-state index is 12.8. The SMILES string of the molecule is CC(CC(=O)N1CCCN(CC2CCCCC2)CC1)C1CCNCC1. The van der Waals surface area contributed by atoms with Crippen molar-refractivity contribution >= 4 is 5.91 Å². The van der Waals surface area contributed by atoms with Gasteiger partial charge in [0.15, 0.2) is 0 Å². The van der Waals surface area contributed by atoms with Crippen molar-refractivity contribution in [2.45, 2.75) is 64.7 Å². The molecule has 0 radical (unpaired) electrons. The average molecular weight is 350 g/mol. The standard InChI is InChI=1S/C21H39N3O/c1-18(20-8-10-22-11-9-20)16-21(25)24-13-5-12-23(14-15-24)17-19-6-3-2-4-7-19/h18-20,22H,2-17H2,1H3. The van der Waals surface area contributed by atoms with Crippen molar-refractivity contribution < 1.29 is 4.79 Å². The van der Waals surface area contributed by atoms with Gasteiger partial charge in [-0.2, -0.15) is 0 Å². The van der Waals surface area contributed by atoms with E-state index >= 15 is 0 Å². The predicted molar refractivity (Wildman–Crippen MR) is 104 cm³/mol. The number of nitrogens with one attached hydrogen (secondary N) is 1. The molecule has 0 aromatic heterocycles. The third kappa shape index (κ3) is 5.96. The number of hydrogen-bond acceptors (Lipinski definition) is 3. The monoisotopic (exact) mass is 349 g/mol. The highest BCUT2D eigenvalue weighted by molar-refractivity contribution is 5.76. The van der Waals surface area contributed by atoms with Gasteiger partial charge in [-0.25, -0.2) is 0 Å². The van der Waals surface area contributed by atoms with E-state index in [1.54, 1.807) is 0 Å². The van der Waals surface area contributed by atoms with Gasteiger partial charge in [0, 0.05) is 32.6 Å². The first-order valence-corrected chi connectivity index (χ1v) is 10.9. The van der Waals surface area contributed by atoms with Gasteiger partial charge in [0.2, 0.25) is 5.91 Å². The van der Waals surface area contributed by atoms with E-state index in [1.165, 1.54) is 58.0 Å². The summed E-state index contributed by atoms with van der Waals surface area (Å²) in [5.74, 6) is 2.60. The molecule has 1 atom stereocenters. The lowest BCUT2D eigenvalue weighted by molar-refractivity contribution is -0.132. The Labute approximate surface area is 154 Å². The van der Waals surface area contributed by atoms with E-state index in [1.807, 2.05) is 0 Å². The summed E-state index contributed by atoms with van der Waals surface area (Å²) < 4.78 is 0. The molecule has 1 N–H and O–H groups in total. The Balaban J connectivity index is 1.41. The van der Waals surface area contributed by atoms with Crippen molar-refractivity contribution in [2.75, 3.05) is 45.8 Å². The van der Waals surface area contributed by atoms with Gasteiger partial charge in [0.05, 0.1) is 0 Å². The predicted octanol–water partition coefficient (Wildman–Crippen LogP) is 3.13. The summed E-state index contributed by atoms with van der Waals surface area (Å²) in [6.45, 7) is 10.0. The molecule has 2 heterocycles. The molecule has 0 bridgehead atoms. The third-order valence-corrected chi connectivity index (χ3v) is 6.87. The van der Waals surface area contributed by atoms with Crippen LogP contribution in [0.3, 0.4) is 0 Å². The Hall–Kier alpha value is -0.610. The molecular formula is C21H39N3O. The molecule has 2 aliphatic heterocycles. The van der Waals surface area contributed by atoms with Crippen LogP contribution in [0.4, 0.5) is 0 Å². The summed E-state index contributed by atoms with van der Waals surface area (Å²) in [7, 11) is 0. The van der Waals surface area contributed by atoms with Gasteiger partial charge in [0.25, 0.3) is 0 Å². The summed E-state index contributed by atoms with van der Waals surface area (Å²) in [5, 5.41) is 3.43. The highest BCUT2D eigenvalue weighted by Gasteiger charge is 2.26. The molecule has 4 nitrogen and oxygen atoms in total. The normalized spacial score (nSPS) is 26.4. The first-order valence-electron chi connectivity index (χ1n) is 10.9. The number of hydrogen-bond donors (Lipinski definition) is 1. The molecule has 25 heavy (non-hydrogen) atoms. The van der Waals surface area contributed by atoms with Gasteiger partial charge in [-0.05, 0) is 69.5 Å². The lowest BCUT2D eigenvalue weighted by atomic mass is 9.84. The number of rotatable bonds is 5. The second kappa shape index (κ2) is 9.91. The van der Waals surface area contributed by atoms with Crippen LogP contribution in [0.5, 0.6) is 0 Å². The molecule has 1 unspecified atom stereocenters. The Morgan fingerprint density at radius 2 is 1.72 bits per heavy atom. The third-order valence-electron chi connectivity index (χ3n) is 6.87. The van der Waals surface area contributed by atoms with Gasteiger partial charge in [-0.3, -0.25) is 4.79 Å². The van der Waals surface area contributed by atoms with Crippen molar-refractivity contribution in [3.63, 3.8) is 0 Å². The van der Waals surface area contributed by atoms with Crippen LogP contribution >= 0.6 is 0 Å². The largest absolute Gasteiger partial charge is 0.341 e. The lowest BCUT2D eigenvalue weighted by Crippen LogP contribution is -2.38. The number of amides is 1. The zero-order valence-electron chi connectivity index (χ0n) is 16.3. The summed E-state index contributed by atoms with van der Waals surface area (Å²) >= 11 is 0. The Morgan fingerprint density at radius 3 is 2.48 bits per heavy atom. The van der Waals surface area contributed by atoms with Crippen molar-refractivity contribution in [3.05, 3.63) is 0 Å². The van der Waals surface area contributed by atoms with Gasteiger partial charge in [0.1, 0.15) is 0 Å². The van der Waals surface area contributed by atoms with Crippen LogP contribution in [0.25, 0.3) is 0 Å².